The summed E-state index contributed by atoms with van der Waals surface area (Å²) in [6.07, 6.45) is 3.31. The zero-order chi connectivity index (χ0) is 23.3. The van der Waals surface area contributed by atoms with Gasteiger partial charge in [0.15, 0.2) is 5.65 Å². The van der Waals surface area contributed by atoms with Gasteiger partial charge >= 0.3 is 0 Å². The predicted molar refractivity (Wildman–Crippen MR) is 121 cm³/mol. The molecular formula is C24H24F2N6O. The number of fused-ring (bicyclic) bond motifs is 1. The fraction of sp³-hybridized carbons (Fsp3) is 0.333. The Kier molecular flexibility index (Phi) is 5.28. The van der Waals surface area contributed by atoms with Crippen LogP contribution in [0.2, 0.25) is 0 Å². The molecule has 170 valence electrons. The van der Waals surface area contributed by atoms with Crippen LogP contribution in [0.4, 0.5) is 14.7 Å². The molecule has 1 fully saturated rings. The fourth-order valence-electron chi connectivity index (χ4n) is 4.14. The number of anilines is 1. The zero-order valence-corrected chi connectivity index (χ0v) is 18.9. The standard InChI is InChI=1S/C24H24F2N6O/c1-13-7-18-22(17-6-5-16(25)8-19(17)26)29-24(30-23(18)28-15(13)3)32-9-14(2)33-21(11-32)20-10-31(4)12-27-20/h5-8,10,12,14,21H,9,11H2,1-4H3/t14-,21+/m1/s1. The van der Waals surface area contributed by atoms with E-state index in [0.717, 1.165) is 23.0 Å². The minimum Gasteiger partial charge on any atom is -0.365 e. The van der Waals surface area contributed by atoms with E-state index in [0.29, 0.717) is 35.8 Å². The molecule has 0 unspecified atom stereocenters. The summed E-state index contributed by atoms with van der Waals surface area (Å²) in [5.41, 5.74) is 3.66. The molecule has 5 rings (SSSR count). The van der Waals surface area contributed by atoms with Crippen LogP contribution < -0.4 is 4.90 Å². The average molecular weight is 450 g/mol. The van der Waals surface area contributed by atoms with Crippen LogP contribution in [-0.4, -0.2) is 43.7 Å². The molecule has 33 heavy (non-hydrogen) atoms. The molecule has 0 radical (unpaired) electrons. The highest BCUT2D eigenvalue weighted by atomic mass is 19.1. The van der Waals surface area contributed by atoms with Crippen molar-refractivity contribution < 1.29 is 13.5 Å². The quantitative estimate of drug-likeness (QED) is 0.464. The van der Waals surface area contributed by atoms with E-state index < -0.39 is 11.6 Å². The number of ether oxygens (including phenoxy) is 1. The first-order chi connectivity index (χ1) is 15.8. The molecule has 3 aromatic heterocycles. The van der Waals surface area contributed by atoms with Crippen molar-refractivity contribution in [1.29, 1.82) is 0 Å². The molecule has 0 spiro atoms. The Morgan fingerprint density at radius 2 is 1.88 bits per heavy atom. The van der Waals surface area contributed by atoms with Crippen LogP contribution in [0, 0.1) is 25.5 Å². The lowest BCUT2D eigenvalue weighted by molar-refractivity contribution is -0.0198. The molecule has 1 aliphatic rings. The van der Waals surface area contributed by atoms with E-state index in [4.69, 9.17) is 14.7 Å². The number of morpholine rings is 1. The Bertz CT molecular complexity index is 1350. The number of imidazole rings is 1. The largest absolute Gasteiger partial charge is 0.365 e. The molecule has 1 aromatic carbocycles. The topological polar surface area (TPSA) is 69.0 Å². The van der Waals surface area contributed by atoms with Crippen molar-refractivity contribution in [3.8, 4) is 11.3 Å². The van der Waals surface area contributed by atoms with Gasteiger partial charge in [0.25, 0.3) is 0 Å². The Labute approximate surface area is 190 Å². The summed E-state index contributed by atoms with van der Waals surface area (Å²) in [7, 11) is 1.91. The van der Waals surface area contributed by atoms with E-state index in [1.165, 1.54) is 12.1 Å². The highest BCUT2D eigenvalue weighted by molar-refractivity contribution is 5.92. The number of aryl methyl sites for hydroxylation is 3. The van der Waals surface area contributed by atoms with Crippen LogP contribution in [-0.2, 0) is 11.8 Å². The number of hydrogen-bond donors (Lipinski definition) is 0. The molecule has 9 heteroatoms. The smallest absolute Gasteiger partial charge is 0.228 e. The second-order valence-electron chi connectivity index (χ2n) is 8.56. The van der Waals surface area contributed by atoms with Crippen LogP contribution in [0.15, 0.2) is 36.8 Å². The molecule has 0 saturated carbocycles. The third-order valence-electron chi connectivity index (χ3n) is 5.90. The van der Waals surface area contributed by atoms with Crippen molar-refractivity contribution in [1.82, 2.24) is 24.5 Å². The van der Waals surface area contributed by atoms with E-state index in [1.807, 2.05) is 49.5 Å². The lowest BCUT2D eigenvalue weighted by Crippen LogP contribution is -2.43. The van der Waals surface area contributed by atoms with Crippen LogP contribution in [0.5, 0.6) is 0 Å². The van der Waals surface area contributed by atoms with Crippen molar-refractivity contribution in [3.05, 3.63) is 65.4 Å². The molecule has 0 amide bonds. The average Bonchev–Trinajstić information content (AvgIpc) is 3.20. The third kappa shape index (κ3) is 4.04. The summed E-state index contributed by atoms with van der Waals surface area (Å²) in [5.74, 6) is -0.894. The van der Waals surface area contributed by atoms with Gasteiger partial charge in [0.1, 0.15) is 17.7 Å². The number of rotatable bonds is 3. The molecule has 2 atom stereocenters. The van der Waals surface area contributed by atoms with Crippen molar-refractivity contribution in [2.75, 3.05) is 18.0 Å². The highest BCUT2D eigenvalue weighted by Gasteiger charge is 2.30. The first-order valence-electron chi connectivity index (χ1n) is 10.8. The van der Waals surface area contributed by atoms with Gasteiger partial charge in [-0.15, -0.1) is 0 Å². The van der Waals surface area contributed by atoms with Crippen molar-refractivity contribution in [2.24, 2.45) is 7.05 Å². The zero-order valence-electron chi connectivity index (χ0n) is 18.9. The summed E-state index contributed by atoms with van der Waals surface area (Å²) in [6, 6.07) is 5.40. The van der Waals surface area contributed by atoms with Crippen LogP contribution in [0.3, 0.4) is 0 Å². The number of aromatic nitrogens is 5. The number of pyridine rings is 1. The van der Waals surface area contributed by atoms with Crippen LogP contribution >= 0.6 is 0 Å². The molecule has 1 saturated heterocycles. The molecule has 4 heterocycles. The SMILES string of the molecule is Cc1cc2c(-c3ccc(F)cc3F)nc(N3C[C@@H](C)O[C@H](c4cn(C)cn4)C3)nc2nc1C. The van der Waals surface area contributed by atoms with E-state index >= 15 is 0 Å². The number of hydrogen-bond acceptors (Lipinski definition) is 6. The Morgan fingerprint density at radius 1 is 1.06 bits per heavy atom. The highest BCUT2D eigenvalue weighted by Crippen LogP contribution is 2.33. The maximum Gasteiger partial charge on any atom is 0.228 e. The van der Waals surface area contributed by atoms with Gasteiger partial charge in [0.05, 0.1) is 30.4 Å². The maximum absolute atomic E-state index is 14.8. The fourth-order valence-corrected chi connectivity index (χ4v) is 4.14. The van der Waals surface area contributed by atoms with Gasteiger partial charge in [-0.3, -0.25) is 0 Å². The maximum atomic E-state index is 14.8. The van der Waals surface area contributed by atoms with Crippen molar-refractivity contribution in [3.63, 3.8) is 0 Å². The Morgan fingerprint density at radius 3 is 2.61 bits per heavy atom. The lowest BCUT2D eigenvalue weighted by atomic mass is 10.1. The minimum absolute atomic E-state index is 0.0937. The first-order valence-corrected chi connectivity index (χ1v) is 10.8. The van der Waals surface area contributed by atoms with E-state index in [9.17, 15) is 8.78 Å². The van der Waals surface area contributed by atoms with Crippen molar-refractivity contribution in [2.45, 2.75) is 33.0 Å². The monoisotopic (exact) mass is 450 g/mol. The number of halogens is 2. The number of benzene rings is 1. The van der Waals surface area contributed by atoms with Gasteiger partial charge in [-0.2, -0.15) is 4.98 Å². The van der Waals surface area contributed by atoms with E-state index in [2.05, 4.69) is 9.97 Å². The lowest BCUT2D eigenvalue weighted by Gasteiger charge is -2.36. The molecule has 0 N–H and O–H groups in total. The summed E-state index contributed by atoms with van der Waals surface area (Å²) in [6.45, 7) is 6.87. The van der Waals surface area contributed by atoms with Gasteiger partial charge in [-0.25, -0.2) is 23.7 Å². The first kappa shape index (κ1) is 21.4. The molecule has 1 aliphatic heterocycles. The molecular weight excluding hydrogens is 426 g/mol. The van der Waals surface area contributed by atoms with Gasteiger partial charge in [-0.05, 0) is 44.5 Å². The molecule has 0 bridgehead atoms. The minimum atomic E-state index is -0.680. The normalized spacial score (nSPS) is 18.8. The van der Waals surface area contributed by atoms with E-state index in [-0.39, 0.29) is 17.8 Å². The van der Waals surface area contributed by atoms with Crippen LogP contribution in [0.1, 0.15) is 30.0 Å². The number of nitrogens with zero attached hydrogens (tertiary/aromatic N) is 6. The summed E-state index contributed by atoms with van der Waals surface area (Å²) in [4.78, 5) is 20.6. The second kappa shape index (κ2) is 8.15. The molecule has 0 aliphatic carbocycles. The predicted octanol–water partition coefficient (Wildman–Crippen LogP) is 4.29. The van der Waals surface area contributed by atoms with Gasteiger partial charge < -0.3 is 14.2 Å². The van der Waals surface area contributed by atoms with Crippen molar-refractivity contribution >= 4 is 17.0 Å². The van der Waals surface area contributed by atoms with E-state index in [1.54, 1.807) is 6.33 Å². The molecule has 7 nitrogen and oxygen atoms in total. The van der Waals surface area contributed by atoms with Gasteiger partial charge in [-0.1, -0.05) is 0 Å². The third-order valence-corrected chi connectivity index (χ3v) is 5.90. The summed E-state index contributed by atoms with van der Waals surface area (Å²) >= 11 is 0. The molecule has 4 aromatic rings. The second-order valence-corrected chi connectivity index (χ2v) is 8.56. The Hall–Kier alpha value is -3.46. The summed E-state index contributed by atoms with van der Waals surface area (Å²) in [5, 5.41) is 0.620. The van der Waals surface area contributed by atoms with Gasteiger partial charge in [0, 0.05) is 42.5 Å². The summed E-state index contributed by atoms with van der Waals surface area (Å²) < 4.78 is 36.4. The Balaban J connectivity index is 1.64. The van der Waals surface area contributed by atoms with Gasteiger partial charge in [0.2, 0.25) is 5.95 Å². The van der Waals surface area contributed by atoms with Crippen LogP contribution in [0.25, 0.3) is 22.3 Å².